The lowest BCUT2D eigenvalue weighted by Gasteiger charge is -2.25. The summed E-state index contributed by atoms with van der Waals surface area (Å²) in [5, 5.41) is 8.48. The van der Waals surface area contributed by atoms with Gasteiger partial charge < -0.3 is 27.4 Å². The van der Waals surface area contributed by atoms with E-state index in [0.717, 1.165) is 12.0 Å². The lowest BCUT2D eigenvalue weighted by molar-refractivity contribution is -0.132. The van der Waals surface area contributed by atoms with Crippen LogP contribution in [0.3, 0.4) is 0 Å². The Morgan fingerprint density at radius 2 is 1.66 bits per heavy atom. The van der Waals surface area contributed by atoms with Crippen LogP contribution in [0, 0.1) is 11.8 Å². The minimum absolute atomic E-state index is 0.0484. The summed E-state index contributed by atoms with van der Waals surface area (Å²) in [6, 6.07) is 8.34. The van der Waals surface area contributed by atoms with Gasteiger partial charge >= 0.3 is 0 Å². The fraction of sp³-hybridized carbons (Fsp3) is 0.538. The molecule has 0 heterocycles. The molecule has 0 aliphatic rings. The van der Waals surface area contributed by atoms with Gasteiger partial charge in [0.05, 0.1) is 0 Å². The van der Waals surface area contributed by atoms with Gasteiger partial charge in [-0.05, 0) is 49.2 Å². The highest BCUT2D eigenvalue weighted by Crippen LogP contribution is 2.08. The predicted octanol–water partition coefficient (Wildman–Crippen LogP) is 1.63. The number of benzene rings is 1. The SMILES string of the molecule is CC(C)CC(NC(=O)C(NC(=O)/C=C/Cc1ccccc1)C(C)C)C(=O)NCCCCN=C(N)N. The first-order valence-electron chi connectivity index (χ1n) is 12.2. The number of carbonyl (C=O) groups excluding carboxylic acids is 3. The number of hydrogen-bond donors (Lipinski definition) is 5. The summed E-state index contributed by atoms with van der Waals surface area (Å²) in [5.74, 6) is -0.878. The number of allylic oxidation sites excluding steroid dienone is 1. The summed E-state index contributed by atoms with van der Waals surface area (Å²) in [6.45, 7) is 8.64. The third kappa shape index (κ3) is 13.2. The van der Waals surface area contributed by atoms with Crippen molar-refractivity contribution in [2.24, 2.45) is 28.3 Å². The molecule has 194 valence electrons. The first-order chi connectivity index (χ1) is 16.6. The van der Waals surface area contributed by atoms with E-state index in [2.05, 4.69) is 20.9 Å². The van der Waals surface area contributed by atoms with Crippen molar-refractivity contribution >= 4 is 23.7 Å². The van der Waals surface area contributed by atoms with Gasteiger partial charge in [0.15, 0.2) is 5.96 Å². The molecule has 1 aromatic rings. The third-order valence-corrected chi connectivity index (χ3v) is 5.23. The molecule has 2 atom stereocenters. The topological polar surface area (TPSA) is 152 Å². The minimum Gasteiger partial charge on any atom is -0.370 e. The standard InChI is InChI=1S/C26H42N6O3/c1-18(2)17-21(24(34)29-15-8-9-16-30-26(27)28)31-25(35)23(19(3)4)32-22(33)14-10-13-20-11-6-5-7-12-20/h5-7,10-12,14,18-19,21,23H,8-9,13,15-17H2,1-4H3,(H,29,34)(H,31,35)(H,32,33)(H4,27,28,30)/b14-10+. The predicted molar refractivity (Wildman–Crippen MR) is 140 cm³/mol. The molecule has 9 nitrogen and oxygen atoms in total. The first kappa shape index (κ1) is 29.7. The normalized spacial score (nSPS) is 12.9. The Morgan fingerprint density at radius 3 is 2.26 bits per heavy atom. The van der Waals surface area contributed by atoms with Crippen molar-refractivity contribution in [2.45, 2.75) is 65.5 Å². The average molecular weight is 487 g/mol. The van der Waals surface area contributed by atoms with E-state index in [-0.39, 0.29) is 35.5 Å². The van der Waals surface area contributed by atoms with Gasteiger partial charge in [0.25, 0.3) is 0 Å². The molecule has 35 heavy (non-hydrogen) atoms. The summed E-state index contributed by atoms with van der Waals surface area (Å²) >= 11 is 0. The monoisotopic (exact) mass is 486 g/mol. The van der Waals surface area contributed by atoms with Gasteiger partial charge in [-0.25, -0.2) is 0 Å². The van der Waals surface area contributed by atoms with Crippen LogP contribution in [-0.2, 0) is 20.8 Å². The molecule has 0 radical (unpaired) electrons. The van der Waals surface area contributed by atoms with Gasteiger partial charge in [0, 0.05) is 13.1 Å². The van der Waals surface area contributed by atoms with Gasteiger partial charge in [-0.3, -0.25) is 19.4 Å². The van der Waals surface area contributed by atoms with Crippen LogP contribution in [0.5, 0.6) is 0 Å². The maximum Gasteiger partial charge on any atom is 0.244 e. The zero-order chi connectivity index (χ0) is 26.2. The number of unbranched alkanes of at least 4 members (excludes halogenated alkanes) is 1. The van der Waals surface area contributed by atoms with Gasteiger partial charge in [-0.2, -0.15) is 0 Å². The van der Waals surface area contributed by atoms with E-state index >= 15 is 0 Å². The second kappa shape index (κ2) is 16.3. The van der Waals surface area contributed by atoms with Crippen LogP contribution in [0.15, 0.2) is 47.5 Å². The molecule has 0 aliphatic heterocycles. The molecular weight excluding hydrogens is 444 g/mol. The van der Waals surface area contributed by atoms with Gasteiger partial charge in [0.2, 0.25) is 17.7 Å². The molecular formula is C26H42N6O3. The van der Waals surface area contributed by atoms with E-state index in [1.807, 2.05) is 58.0 Å². The number of carbonyl (C=O) groups is 3. The van der Waals surface area contributed by atoms with Crippen LogP contribution in [0.4, 0.5) is 0 Å². The van der Waals surface area contributed by atoms with Crippen LogP contribution in [0.2, 0.25) is 0 Å². The van der Waals surface area contributed by atoms with E-state index < -0.39 is 12.1 Å². The fourth-order valence-corrected chi connectivity index (χ4v) is 3.40. The van der Waals surface area contributed by atoms with Gasteiger partial charge in [-0.1, -0.05) is 64.1 Å². The molecule has 1 rings (SSSR count). The number of aliphatic imine (C=N–C) groups is 1. The number of amides is 3. The third-order valence-electron chi connectivity index (χ3n) is 5.23. The number of nitrogens with one attached hydrogen (secondary N) is 3. The van der Waals surface area contributed by atoms with Crippen molar-refractivity contribution in [2.75, 3.05) is 13.1 Å². The lowest BCUT2D eigenvalue weighted by atomic mass is 10.00. The summed E-state index contributed by atoms with van der Waals surface area (Å²) in [5.41, 5.74) is 11.7. The molecule has 3 amide bonds. The Kier molecular flexibility index (Phi) is 13.8. The van der Waals surface area contributed by atoms with E-state index in [0.29, 0.717) is 32.4 Å². The maximum absolute atomic E-state index is 13.0. The van der Waals surface area contributed by atoms with Gasteiger partial charge in [0.1, 0.15) is 12.1 Å². The van der Waals surface area contributed by atoms with Crippen molar-refractivity contribution < 1.29 is 14.4 Å². The molecule has 2 unspecified atom stereocenters. The van der Waals surface area contributed by atoms with Crippen LogP contribution < -0.4 is 27.4 Å². The Morgan fingerprint density at radius 1 is 0.971 bits per heavy atom. The van der Waals surface area contributed by atoms with Crippen LogP contribution in [-0.4, -0.2) is 48.9 Å². The maximum atomic E-state index is 13.0. The number of hydrogen-bond acceptors (Lipinski definition) is 4. The summed E-state index contributed by atoms with van der Waals surface area (Å²) in [4.78, 5) is 42.1. The fourth-order valence-electron chi connectivity index (χ4n) is 3.40. The quantitative estimate of drug-likeness (QED) is 0.110. The van der Waals surface area contributed by atoms with Crippen molar-refractivity contribution in [3.8, 4) is 0 Å². The Labute approximate surface area is 209 Å². The van der Waals surface area contributed by atoms with Gasteiger partial charge in [-0.15, -0.1) is 0 Å². The van der Waals surface area contributed by atoms with E-state index in [1.54, 1.807) is 6.08 Å². The second-order valence-corrected chi connectivity index (χ2v) is 9.32. The smallest absolute Gasteiger partial charge is 0.244 e. The average Bonchev–Trinajstić information content (AvgIpc) is 2.79. The van der Waals surface area contributed by atoms with Crippen LogP contribution in [0.25, 0.3) is 0 Å². The molecule has 0 bridgehead atoms. The number of nitrogens with two attached hydrogens (primary N) is 2. The van der Waals surface area contributed by atoms with Crippen LogP contribution in [0.1, 0.15) is 52.5 Å². The van der Waals surface area contributed by atoms with Crippen molar-refractivity contribution in [1.82, 2.24) is 16.0 Å². The largest absolute Gasteiger partial charge is 0.370 e. The Bertz CT molecular complexity index is 848. The lowest BCUT2D eigenvalue weighted by Crippen LogP contribution is -2.55. The molecule has 0 spiro atoms. The molecule has 0 fully saturated rings. The summed E-state index contributed by atoms with van der Waals surface area (Å²) < 4.78 is 0. The molecule has 0 saturated heterocycles. The highest BCUT2D eigenvalue weighted by molar-refractivity contribution is 5.95. The molecule has 0 aliphatic carbocycles. The second-order valence-electron chi connectivity index (χ2n) is 9.32. The van der Waals surface area contributed by atoms with Crippen molar-refractivity contribution in [3.05, 3.63) is 48.0 Å². The molecule has 1 aromatic carbocycles. The molecule has 0 saturated carbocycles. The minimum atomic E-state index is -0.758. The van der Waals surface area contributed by atoms with Crippen LogP contribution >= 0.6 is 0 Å². The van der Waals surface area contributed by atoms with E-state index in [4.69, 9.17) is 11.5 Å². The van der Waals surface area contributed by atoms with Crippen molar-refractivity contribution in [1.29, 1.82) is 0 Å². The first-order valence-corrected chi connectivity index (χ1v) is 12.2. The summed E-state index contributed by atoms with van der Waals surface area (Å²) in [7, 11) is 0. The number of nitrogens with zero attached hydrogens (tertiary/aromatic N) is 1. The highest BCUT2D eigenvalue weighted by atomic mass is 16.2. The number of guanidine groups is 1. The molecule has 9 heteroatoms. The molecule has 7 N–H and O–H groups in total. The molecule has 0 aromatic heterocycles. The highest BCUT2D eigenvalue weighted by Gasteiger charge is 2.28. The van der Waals surface area contributed by atoms with E-state index in [1.165, 1.54) is 6.08 Å². The Balaban J connectivity index is 2.65. The summed E-state index contributed by atoms with van der Waals surface area (Å²) in [6.07, 6.45) is 5.76. The number of rotatable bonds is 15. The zero-order valence-corrected chi connectivity index (χ0v) is 21.4. The Hall–Kier alpha value is -3.36. The van der Waals surface area contributed by atoms with Crippen molar-refractivity contribution in [3.63, 3.8) is 0 Å². The van der Waals surface area contributed by atoms with E-state index in [9.17, 15) is 14.4 Å². The zero-order valence-electron chi connectivity index (χ0n) is 21.4.